The number of halogens is 5. The minimum absolute atomic E-state index is 0.0251. The summed E-state index contributed by atoms with van der Waals surface area (Å²) in [5.41, 5.74) is -0.802. The highest BCUT2D eigenvalue weighted by Crippen LogP contribution is 2.36. The van der Waals surface area contributed by atoms with E-state index in [1.54, 1.807) is 17.9 Å². The summed E-state index contributed by atoms with van der Waals surface area (Å²) >= 11 is 6.36. The van der Waals surface area contributed by atoms with Crippen molar-refractivity contribution in [2.45, 2.75) is 26.1 Å². The van der Waals surface area contributed by atoms with Crippen molar-refractivity contribution in [3.05, 3.63) is 52.2 Å². The Morgan fingerprint density at radius 2 is 1.82 bits per heavy atom. The number of hydrogen-bond acceptors (Lipinski definition) is 7. The number of pyridine rings is 1. The summed E-state index contributed by atoms with van der Waals surface area (Å²) in [6.45, 7) is 3.59. The van der Waals surface area contributed by atoms with E-state index in [1.807, 2.05) is 0 Å². The van der Waals surface area contributed by atoms with E-state index in [2.05, 4.69) is 20.3 Å². The van der Waals surface area contributed by atoms with E-state index < -0.39 is 33.4 Å². The fourth-order valence-electron chi connectivity index (χ4n) is 3.80. The Morgan fingerprint density at radius 1 is 1.15 bits per heavy atom. The van der Waals surface area contributed by atoms with Crippen LogP contribution in [0.4, 0.5) is 29.1 Å². The monoisotopic (exact) mass is 517 g/mol. The Balaban J connectivity index is 1.73. The van der Waals surface area contributed by atoms with Gasteiger partial charge in [0.2, 0.25) is 0 Å². The van der Waals surface area contributed by atoms with Crippen molar-refractivity contribution >= 4 is 44.0 Å². The molecule has 1 saturated heterocycles. The molecular weight excluding hydrogens is 498 g/mol. The average molecular weight is 518 g/mol. The van der Waals surface area contributed by atoms with Crippen LogP contribution in [0.15, 0.2) is 24.3 Å². The Bertz CT molecular complexity index is 1350. The lowest BCUT2D eigenvalue weighted by atomic mass is 10.0. The normalized spacial score (nSPS) is 17.1. The predicted octanol–water partition coefficient (Wildman–Crippen LogP) is 4.55. The van der Waals surface area contributed by atoms with Gasteiger partial charge in [0.15, 0.2) is 20.6 Å². The Kier molecular flexibility index (Phi) is 6.32. The first-order chi connectivity index (χ1) is 15.9. The summed E-state index contributed by atoms with van der Waals surface area (Å²) in [5, 5.41) is 3.51. The van der Waals surface area contributed by atoms with Gasteiger partial charge in [0.25, 0.3) is 0 Å². The second-order valence-electron chi connectivity index (χ2n) is 8.00. The van der Waals surface area contributed by atoms with E-state index in [4.69, 9.17) is 11.6 Å². The number of sulfone groups is 1. The van der Waals surface area contributed by atoms with Gasteiger partial charge in [-0.2, -0.15) is 13.2 Å². The zero-order chi connectivity index (χ0) is 24.8. The van der Waals surface area contributed by atoms with Crippen LogP contribution in [0.5, 0.6) is 0 Å². The highest BCUT2D eigenvalue weighted by molar-refractivity contribution is 7.91. The number of fused-ring (bicyclic) bond motifs is 1. The van der Waals surface area contributed by atoms with Crippen molar-refractivity contribution in [3.8, 4) is 0 Å². The highest BCUT2D eigenvalue weighted by atomic mass is 35.5. The number of aryl methyl sites for hydroxylation is 1. The molecule has 13 heteroatoms. The van der Waals surface area contributed by atoms with Gasteiger partial charge in [0.05, 0.1) is 34.2 Å². The van der Waals surface area contributed by atoms with Gasteiger partial charge in [0, 0.05) is 18.7 Å². The van der Waals surface area contributed by atoms with Crippen LogP contribution >= 0.6 is 11.6 Å². The predicted molar refractivity (Wildman–Crippen MR) is 121 cm³/mol. The van der Waals surface area contributed by atoms with Gasteiger partial charge in [-0.1, -0.05) is 23.7 Å². The fraction of sp³-hybridized carbons (Fsp3) is 0.381. The molecule has 0 spiro atoms. The number of anilines is 2. The van der Waals surface area contributed by atoms with Gasteiger partial charge in [-0.3, -0.25) is 0 Å². The second kappa shape index (κ2) is 8.81. The van der Waals surface area contributed by atoms with Crippen LogP contribution < -0.4 is 10.2 Å². The average Bonchev–Trinajstić information content (AvgIpc) is 2.72. The molecule has 34 heavy (non-hydrogen) atoms. The molecule has 3 aromatic rings. The third kappa shape index (κ3) is 4.88. The molecule has 182 valence electrons. The molecule has 0 unspecified atom stereocenters. The van der Waals surface area contributed by atoms with E-state index >= 15 is 0 Å². The maximum Gasteiger partial charge on any atom is 0.419 e. The van der Waals surface area contributed by atoms with Crippen LogP contribution in [0, 0.1) is 12.7 Å². The molecule has 0 radical (unpaired) electrons. The van der Waals surface area contributed by atoms with Crippen LogP contribution in [0.25, 0.3) is 11.0 Å². The lowest BCUT2D eigenvalue weighted by molar-refractivity contribution is -0.140. The molecule has 1 aliphatic rings. The van der Waals surface area contributed by atoms with Gasteiger partial charge in [-0.05, 0) is 26.0 Å². The lowest BCUT2D eigenvalue weighted by Crippen LogP contribution is -2.40. The van der Waals surface area contributed by atoms with Crippen LogP contribution in [-0.2, 0) is 16.0 Å². The highest BCUT2D eigenvalue weighted by Gasteiger charge is 2.35. The van der Waals surface area contributed by atoms with Gasteiger partial charge in [-0.25, -0.2) is 27.8 Å². The van der Waals surface area contributed by atoms with Crippen LogP contribution in [0.3, 0.4) is 0 Å². The summed E-state index contributed by atoms with van der Waals surface area (Å²) in [4.78, 5) is 14.7. The molecule has 0 amide bonds. The maximum absolute atomic E-state index is 14.7. The fourth-order valence-corrected chi connectivity index (χ4v) is 5.26. The smallest absolute Gasteiger partial charge is 0.367 e. The molecule has 1 aliphatic heterocycles. The van der Waals surface area contributed by atoms with Crippen molar-refractivity contribution in [1.82, 2.24) is 15.0 Å². The van der Waals surface area contributed by atoms with Crippen LogP contribution in [-0.4, -0.2) is 48.0 Å². The maximum atomic E-state index is 14.7. The third-order valence-corrected chi connectivity index (χ3v) is 7.46. The van der Waals surface area contributed by atoms with E-state index in [1.165, 1.54) is 13.0 Å². The quantitative estimate of drug-likeness (QED) is 0.401. The molecule has 4 rings (SSSR count). The number of alkyl halides is 3. The number of rotatable bonds is 4. The number of nitrogens with zero attached hydrogens (tertiary/aromatic N) is 4. The number of aromatic nitrogens is 3. The van der Waals surface area contributed by atoms with Crippen molar-refractivity contribution < 1.29 is 26.0 Å². The van der Waals surface area contributed by atoms with Gasteiger partial charge >= 0.3 is 6.18 Å². The minimum atomic E-state index is -4.82. The number of hydrogen-bond donors (Lipinski definition) is 1. The summed E-state index contributed by atoms with van der Waals surface area (Å²) in [6.07, 6.45) is -4.82. The minimum Gasteiger partial charge on any atom is -0.367 e. The van der Waals surface area contributed by atoms with Gasteiger partial charge in [0.1, 0.15) is 17.5 Å². The first-order valence-corrected chi connectivity index (χ1v) is 12.5. The van der Waals surface area contributed by atoms with Gasteiger partial charge < -0.3 is 10.2 Å². The molecule has 7 nitrogen and oxygen atoms in total. The zero-order valence-electron chi connectivity index (χ0n) is 18.1. The molecule has 1 N–H and O–H groups in total. The molecular formula is C21H20ClF4N5O2S. The van der Waals surface area contributed by atoms with Gasteiger partial charge in [-0.15, -0.1) is 0 Å². The van der Waals surface area contributed by atoms with E-state index in [0.717, 1.165) is 6.07 Å². The Labute approximate surface area is 198 Å². The molecule has 1 fully saturated rings. The van der Waals surface area contributed by atoms with Crippen molar-refractivity contribution in [2.24, 2.45) is 0 Å². The SMILES string of the molecule is Cc1nc(N[C@H](C)c2cccc(C(F)(F)F)c2F)c2cc(N3CCS(=O)(=O)CC3)c(Cl)nc2n1. The largest absolute Gasteiger partial charge is 0.419 e. The molecule has 0 aliphatic carbocycles. The van der Waals surface area contributed by atoms with Crippen molar-refractivity contribution in [1.29, 1.82) is 0 Å². The third-order valence-electron chi connectivity index (χ3n) is 5.57. The molecule has 0 bridgehead atoms. The van der Waals surface area contributed by atoms with E-state index in [-0.39, 0.29) is 46.8 Å². The van der Waals surface area contributed by atoms with Crippen LogP contribution in [0.2, 0.25) is 5.15 Å². The van der Waals surface area contributed by atoms with Crippen molar-refractivity contribution in [3.63, 3.8) is 0 Å². The topological polar surface area (TPSA) is 88.1 Å². The first-order valence-electron chi connectivity index (χ1n) is 10.3. The first kappa shape index (κ1) is 24.4. The molecule has 1 aromatic carbocycles. The molecule has 3 heterocycles. The summed E-state index contributed by atoms with van der Waals surface area (Å²) in [6, 6.07) is 3.88. The summed E-state index contributed by atoms with van der Waals surface area (Å²) in [7, 11) is -3.12. The molecule has 2 aromatic heterocycles. The van der Waals surface area contributed by atoms with Crippen LogP contribution in [0.1, 0.15) is 29.9 Å². The lowest BCUT2D eigenvalue weighted by Gasteiger charge is -2.29. The Morgan fingerprint density at radius 3 is 2.47 bits per heavy atom. The number of nitrogens with one attached hydrogen (secondary N) is 1. The molecule has 0 saturated carbocycles. The zero-order valence-corrected chi connectivity index (χ0v) is 19.7. The molecule has 1 atom stereocenters. The van der Waals surface area contributed by atoms with E-state index in [0.29, 0.717) is 23.0 Å². The van der Waals surface area contributed by atoms with Crippen molar-refractivity contribution in [2.75, 3.05) is 34.8 Å². The second-order valence-corrected chi connectivity index (χ2v) is 10.7. The Hall–Kier alpha value is -2.73. The standard InChI is InChI=1S/C21H20ClF4N5O2S/c1-11(13-4-3-5-15(17(13)23)21(24,25)26)27-19-14-10-16(31-6-8-34(32,33)9-7-31)18(22)30-20(14)29-12(2)28-19/h3-5,10-11H,6-9H2,1-2H3,(H,27,28,29,30)/t11-/m1/s1. The summed E-state index contributed by atoms with van der Waals surface area (Å²) < 4.78 is 77.6. The van der Waals surface area contributed by atoms with E-state index in [9.17, 15) is 26.0 Å². The summed E-state index contributed by atoms with van der Waals surface area (Å²) in [5.74, 6) is -0.846. The number of benzene rings is 1.